The Kier molecular flexibility index (Phi) is 4.92. The highest BCUT2D eigenvalue weighted by molar-refractivity contribution is 6.02. The lowest BCUT2D eigenvalue weighted by molar-refractivity contribution is -0.123. The first-order valence-corrected chi connectivity index (χ1v) is 6.29. The molecule has 0 saturated heterocycles. The van der Waals surface area contributed by atoms with E-state index in [0.29, 0.717) is 11.3 Å². The molecule has 0 aliphatic rings. The van der Waals surface area contributed by atoms with Crippen molar-refractivity contribution in [2.45, 2.75) is 39.8 Å². The van der Waals surface area contributed by atoms with Gasteiger partial charge in [-0.2, -0.15) is 0 Å². The van der Waals surface area contributed by atoms with Crippen LogP contribution in [-0.4, -0.2) is 23.9 Å². The number of carbonyl (C=O) groups is 2. The van der Waals surface area contributed by atoms with Gasteiger partial charge in [0.25, 0.3) is 5.91 Å². The molecule has 0 saturated carbocycles. The lowest BCUT2D eigenvalue weighted by Crippen LogP contribution is -2.47. The number of hydrogen-bond donors (Lipinski definition) is 3. The van der Waals surface area contributed by atoms with Crippen LogP contribution in [0.15, 0.2) is 18.2 Å². The van der Waals surface area contributed by atoms with Crippen molar-refractivity contribution in [2.24, 2.45) is 0 Å². The summed E-state index contributed by atoms with van der Waals surface area (Å²) < 4.78 is 0. The molecule has 1 aromatic carbocycles. The molecular formula is C14H21N3O2. The Morgan fingerprint density at radius 3 is 2.32 bits per heavy atom. The quantitative estimate of drug-likeness (QED) is 0.714. The van der Waals surface area contributed by atoms with E-state index in [1.54, 1.807) is 19.1 Å². The molecular weight excluding hydrogens is 242 g/mol. The van der Waals surface area contributed by atoms with Crippen molar-refractivity contribution < 1.29 is 9.59 Å². The van der Waals surface area contributed by atoms with Crippen molar-refractivity contribution in [3.05, 3.63) is 29.3 Å². The molecule has 1 aromatic rings. The second-order valence-corrected chi connectivity index (χ2v) is 4.90. The van der Waals surface area contributed by atoms with Gasteiger partial charge < -0.3 is 16.4 Å². The van der Waals surface area contributed by atoms with Crippen molar-refractivity contribution in [3.63, 3.8) is 0 Å². The Morgan fingerprint density at radius 2 is 1.79 bits per heavy atom. The normalized spacial score (nSPS) is 12.1. The van der Waals surface area contributed by atoms with Gasteiger partial charge in [-0.15, -0.1) is 0 Å². The van der Waals surface area contributed by atoms with Gasteiger partial charge in [0, 0.05) is 11.7 Å². The van der Waals surface area contributed by atoms with Crippen LogP contribution in [0.25, 0.3) is 0 Å². The maximum Gasteiger partial charge on any atom is 0.254 e. The summed E-state index contributed by atoms with van der Waals surface area (Å²) >= 11 is 0. The van der Waals surface area contributed by atoms with E-state index in [9.17, 15) is 9.59 Å². The summed E-state index contributed by atoms with van der Waals surface area (Å²) in [5, 5.41) is 5.40. The van der Waals surface area contributed by atoms with E-state index in [1.807, 2.05) is 26.8 Å². The topological polar surface area (TPSA) is 84.2 Å². The number of nitrogens with two attached hydrogens (primary N) is 1. The van der Waals surface area contributed by atoms with Gasteiger partial charge in [0.15, 0.2) is 0 Å². The number of benzene rings is 1. The molecule has 5 nitrogen and oxygen atoms in total. The predicted molar refractivity (Wildman–Crippen MR) is 75.8 cm³/mol. The zero-order valence-electron chi connectivity index (χ0n) is 11.8. The van der Waals surface area contributed by atoms with Crippen molar-refractivity contribution in [3.8, 4) is 0 Å². The maximum absolute atomic E-state index is 12.1. The standard InChI is InChI=1S/C14H21N3O2/c1-8(2)16-13(18)10(4)17-14(19)12-9(3)6-5-7-11(12)15/h5-8,10H,15H2,1-4H3,(H,16,18)(H,17,19). The van der Waals surface area contributed by atoms with Crippen LogP contribution in [-0.2, 0) is 4.79 Å². The van der Waals surface area contributed by atoms with Crippen LogP contribution < -0.4 is 16.4 Å². The Labute approximate surface area is 113 Å². The Balaban J connectivity index is 2.77. The van der Waals surface area contributed by atoms with E-state index >= 15 is 0 Å². The second-order valence-electron chi connectivity index (χ2n) is 4.90. The highest BCUT2D eigenvalue weighted by atomic mass is 16.2. The molecule has 2 amide bonds. The maximum atomic E-state index is 12.1. The number of aryl methyl sites for hydroxylation is 1. The lowest BCUT2D eigenvalue weighted by atomic mass is 10.1. The molecule has 0 heterocycles. The zero-order valence-corrected chi connectivity index (χ0v) is 11.8. The number of nitrogen functional groups attached to an aromatic ring is 1. The van der Waals surface area contributed by atoms with E-state index < -0.39 is 6.04 Å². The third-order valence-electron chi connectivity index (χ3n) is 2.70. The van der Waals surface area contributed by atoms with Gasteiger partial charge in [-0.05, 0) is 39.3 Å². The van der Waals surface area contributed by atoms with Gasteiger partial charge in [-0.25, -0.2) is 0 Å². The first kappa shape index (κ1) is 15.0. The number of hydrogen-bond acceptors (Lipinski definition) is 3. The number of carbonyl (C=O) groups excluding carboxylic acids is 2. The minimum atomic E-state index is -0.603. The number of amides is 2. The summed E-state index contributed by atoms with van der Waals surface area (Å²) in [4.78, 5) is 23.8. The summed E-state index contributed by atoms with van der Waals surface area (Å²) in [6.07, 6.45) is 0. The van der Waals surface area contributed by atoms with Crippen molar-refractivity contribution in [1.82, 2.24) is 10.6 Å². The van der Waals surface area contributed by atoms with Crippen LogP contribution in [0, 0.1) is 6.92 Å². The van der Waals surface area contributed by atoms with Crippen LogP contribution in [0.1, 0.15) is 36.7 Å². The Hall–Kier alpha value is -2.04. The largest absolute Gasteiger partial charge is 0.398 e. The van der Waals surface area contributed by atoms with Gasteiger partial charge in [0.05, 0.1) is 5.56 Å². The summed E-state index contributed by atoms with van der Waals surface area (Å²) in [5.41, 5.74) is 7.41. The van der Waals surface area contributed by atoms with Gasteiger partial charge in [0.1, 0.15) is 6.04 Å². The van der Waals surface area contributed by atoms with E-state index in [-0.39, 0.29) is 17.9 Å². The SMILES string of the molecule is Cc1cccc(N)c1C(=O)NC(C)C(=O)NC(C)C. The highest BCUT2D eigenvalue weighted by Crippen LogP contribution is 2.16. The molecule has 0 spiro atoms. The first-order valence-electron chi connectivity index (χ1n) is 6.29. The van der Waals surface area contributed by atoms with Crippen molar-refractivity contribution >= 4 is 17.5 Å². The molecule has 0 radical (unpaired) electrons. The molecule has 5 heteroatoms. The lowest BCUT2D eigenvalue weighted by Gasteiger charge is -2.17. The van der Waals surface area contributed by atoms with Crippen LogP contribution in [0.4, 0.5) is 5.69 Å². The molecule has 1 atom stereocenters. The van der Waals surface area contributed by atoms with Crippen LogP contribution in [0.5, 0.6) is 0 Å². The molecule has 19 heavy (non-hydrogen) atoms. The van der Waals surface area contributed by atoms with E-state index in [1.165, 1.54) is 0 Å². The fourth-order valence-electron chi connectivity index (χ4n) is 1.74. The molecule has 1 rings (SSSR count). The van der Waals surface area contributed by atoms with Gasteiger partial charge in [-0.3, -0.25) is 9.59 Å². The summed E-state index contributed by atoms with van der Waals surface area (Å²) in [6.45, 7) is 7.19. The van der Waals surface area contributed by atoms with Gasteiger partial charge >= 0.3 is 0 Å². The Morgan fingerprint density at radius 1 is 1.16 bits per heavy atom. The monoisotopic (exact) mass is 263 g/mol. The van der Waals surface area contributed by atoms with Crippen LogP contribution in [0.3, 0.4) is 0 Å². The first-order chi connectivity index (χ1) is 8.82. The minimum Gasteiger partial charge on any atom is -0.398 e. The third-order valence-corrected chi connectivity index (χ3v) is 2.70. The fraction of sp³-hybridized carbons (Fsp3) is 0.429. The number of nitrogens with one attached hydrogen (secondary N) is 2. The molecule has 1 unspecified atom stereocenters. The van der Waals surface area contributed by atoms with E-state index in [0.717, 1.165) is 5.56 Å². The molecule has 0 aliphatic carbocycles. The fourth-order valence-corrected chi connectivity index (χ4v) is 1.74. The average Bonchev–Trinajstić information content (AvgIpc) is 2.27. The van der Waals surface area contributed by atoms with Gasteiger partial charge in [0.2, 0.25) is 5.91 Å². The molecule has 104 valence electrons. The summed E-state index contributed by atoms with van der Waals surface area (Å²) in [5.74, 6) is -0.544. The smallest absolute Gasteiger partial charge is 0.254 e. The number of anilines is 1. The predicted octanol–water partition coefficient (Wildman–Crippen LogP) is 1.22. The van der Waals surface area contributed by atoms with Crippen molar-refractivity contribution in [1.29, 1.82) is 0 Å². The molecule has 0 aromatic heterocycles. The van der Waals surface area contributed by atoms with E-state index in [4.69, 9.17) is 5.73 Å². The zero-order chi connectivity index (χ0) is 14.6. The van der Waals surface area contributed by atoms with E-state index in [2.05, 4.69) is 10.6 Å². The van der Waals surface area contributed by atoms with Crippen LogP contribution in [0.2, 0.25) is 0 Å². The highest BCUT2D eigenvalue weighted by Gasteiger charge is 2.19. The summed E-state index contributed by atoms with van der Waals surface area (Å²) in [7, 11) is 0. The third kappa shape index (κ3) is 3.98. The second kappa shape index (κ2) is 6.22. The average molecular weight is 263 g/mol. The number of rotatable bonds is 4. The summed E-state index contributed by atoms with van der Waals surface area (Å²) in [6, 6.07) is 4.70. The molecule has 4 N–H and O–H groups in total. The molecule has 0 fully saturated rings. The minimum absolute atomic E-state index is 0.0374. The Bertz CT molecular complexity index is 463. The van der Waals surface area contributed by atoms with Crippen LogP contribution >= 0.6 is 0 Å². The molecule has 0 bridgehead atoms. The van der Waals surface area contributed by atoms with Gasteiger partial charge in [-0.1, -0.05) is 12.1 Å². The van der Waals surface area contributed by atoms with Crippen molar-refractivity contribution in [2.75, 3.05) is 5.73 Å². The molecule has 0 aliphatic heterocycles.